The molecule has 5 heteroatoms. The lowest BCUT2D eigenvalue weighted by molar-refractivity contribution is -0.118. The Morgan fingerprint density at radius 2 is 1.77 bits per heavy atom. The number of rotatable bonds is 7. The van der Waals surface area contributed by atoms with Gasteiger partial charge in [0.05, 0.1) is 20.0 Å². The van der Waals surface area contributed by atoms with E-state index in [0.717, 1.165) is 22.0 Å². The number of hydrogen-bond acceptors (Lipinski definition) is 4. The predicted octanol–water partition coefficient (Wildman–Crippen LogP) is 3.11. The Labute approximate surface area is 134 Å². The summed E-state index contributed by atoms with van der Waals surface area (Å²) < 4.78 is 10.3. The fourth-order valence-corrected chi connectivity index (χ4v) is 2.61. The minimum Gasteiger partial charge on any atom is -0.497 e. The van der Waals surface area contributed by atoms with Crippen molar-refractivity contribution in [3.8, 4) is 11.5 Å². The van der Waals surface area contributed by atoms with Crippen LogP contribution in [0.5, 0.6) is 11.5 Å². The lowest BCUT2D eigenvalue weighted by atomic mass is 10.2. The Hall–Kier alpha value is -2.14. The number of methoxy groups -OCH3 is 2. The van der Waals surface area contributed by atoms with Gasteiger partial charge in [0.15, 0.2) is 0 Å². The molecule has 22 heavy (non-hydrogen) atoms. The molecular weight excluding hydrogens is 298 g/mol. The maximum Gasteiger partial charge on any atom is 0.230 e. The summed E-state index contributed by atoms with van der Waals surface area (Å²) in [6.07, 6.45) is 0. The molecule has 0 spiro atoms. The van der Waals surface area contributed by atoms with Gasteiger partial charge >= 0.3 is 0 Å². The Bertz CT molecular complexity index is 614. The van der Waals surface area contributed by atoms with E-state index in [0.29, 0.717) is 12.3 Å². The van der Waals surface area contributed by atoms with Crippen molar-refractivity contribution in [2.75, 3.05) is 20.0 Å². The van der Waals surface area contributed by atoms with Crippen LogP contribution in [0.15, 0.2) is 53.4 Å². The van der Waals surface area contributed by atoms with Crippen molar-refractivity contribution >= 4 is 17.7 Å². The van der Waals surface area contributed by atoms with Crippen molar-refractivity contribution in [3.05, 3.63) is 54.1 Å². The van der Waals surface area contributed by atoms with E-state index in [1.807, 2.05) is 48.5 Å². The van der Waals surface area contributed by atoms with E-state index in [1.165, 1.54) is 11.8 Å². The number of amides is 1. The van der Waals surface area contributed by atoms with Crippen molar-refractivity contribution in [3.63, 3.8) is 0 Å². The molecule has 2 rings (SSSR count). The second kappa shape index (κ2) is 8.34. The van der Waals surface area contributed by atoms with Crippen molar-refractivity contribution in [1.82, 2.24) is 5.32 Å². The van der Waals surface area contributed by atoms with Gasteiger partial charge in [0.1, 0.15) is 11.5 Å². The van der Waals surface area contributed by atoms with Gasteiger partial charge in [-0.1, -0.05) is 18.2 Å². The smallest absolute Gasteiger partial charge is 0.230 e. The van der Waals surface area contributed by atoms with Gasteiger partial charge in [0.2, 0.25) is 5.91 Å². The molecule has 0 saturated heterocycles. The average molecular weight is 317 g/mol. The molecule has 2 aromatic rings. The lowest BCUT2D eigenvalue weighted by Gasteiger charge is -2.07. The van der Waals surface area contributed by atoms with Gasteiger partial charge in [0, 0.05) is 11.4 Å². The first kappa shape index (κ1) is 16.2. The fraction of sp³-hybridized carbons (Fsp3) is 0.235. The first-order chi connectivity index (χ1) is 10.7. The maximum atomic E-state index is 11.9. The van der Waals surface area contributed by atoms with E-state index in [4.69, 9.17) is 9.47 Å². The Balaban J connectivity index is 1.77. The Morgan fingerprint density at radius 1 is 1.05 bits per heavy atom. The first-order valence-corrected chi connectivity index (χ1v) is 7.86. The van der Waals surface area contributed by atoms with Crippen LogP contribution in [0, 0.1) is 0 Å². The van der Waals surface area contributed by atoms with Crippen molar-refractivity contribution in [2.24, 2.45) is 0 Å². The van der Waals surface area contributed by atoms with E-state index < -0.39 is 0 Å². The number of nitrogens with one attached hydrogen (secondary N) is 1. The molecule has 0 aliphatic heterocycles. The third-order valence-electron chi connectivity index (χ3n) is 3.06. The van der Waals surface area contributed by atoms with E-state index in [1.54, 1.807) is 14.2 Å². The number of thioether (sulfide) groups is 1. The summed E-state index contributed by atoms with van der Waals surface area (Å²) in [5.41, 5.74) is 1.04. The molecule has 0 aliphatic carbocycles. The molecule has 1 N–H and O–H groups in total. The zero-order valence-electron chi connectivity index (χ0n) is 12.7. The number of benzene rings is 2. The highest BCUT2D eigenvalue weighted by Gasteiger charge is 2.04. The highest BCUT2D eigenvalue weighted by Crippen LogP contribution is 2.22. The average Bonchev–Trinajstić information content (AvgIpc) is 2.58. The minimum atomic E-state index is 0.00337. The molecule has 0 aliphatic rings. The van der Waals surface area contributed by atoms with Crippen LogP contribution in [0.4, 0.5) is 0 Å². The fourth-order valence-electron chi connectivity index (χ4n) is 1.83. The van der Waals surface area contributed by atoms with Crippen molar-refractivity contribution < 1.29 is 14.3 Å². The van der Waals surface area contributed by atoms with Crippen LogP contribution in [0.25, 0.3) is 0 Å². The maximum absolute atomic E-state index is 11.9. The quantitative estimate of drug-likeness (QED) is 0.797. The second-order valence-electron chi connectivity index (χ2n) is 4.59. The third-order valence-corrected chi connectivity index (χ3v) is 4.05. The molecule has 0 unspecified atom stereocenters. The van der Waals surface area contributed by atoms with Crippen LogP contribution in [-0.4, -0.2) is 25.9 Å². The van der Waals surface area contributed by atoms with Gasteiger partial charge in [-0.25, -0.2) is 0 Å². The predicted molar refractivity (Wildman–Crippen MR) is 88.6 cm³/mol. The van der Waals surface area contributed by atoms with E-state index in [-0.39, 0.29) is 5.91 Å². The van der Waals surface area contributed by atoms with Gasteiger partial charge in [-0.2, -0.15) is 0 Å². The number of carbonyl (C=O) groups is 1. The molecule has 0 radical (unpaired) electrons. The summed E-state index contributed by atoms with van der Waals surface area (Å²) >= 11 is 1.49. The minimum absolute atomic E-state index is 0.00337. The zero-order chi connectivity index (χ0) is 15.8. The van der Waals surface area contributed by atoms with Crippen molar-refractivity contribution in [1.29, 1.82) is 0 Å². The molecular formula is C17H19NO3S. The van der Waals surface area contributed by atoms with E-state index >= 15 is 0 Å². The molecule has 2 aromatic carbocycles. The van der Waals surface area contributed by atoms with E-state index in [2.05, 4.69) is 5.32 Å². The summed E-state index contributed by atoms with van der Waals surface area (Å²) in [5, 5.41) is 2.90. The molecule has 0 bridgehead atoms. The summed E-state index contributed by atoms with van der Waals surface area (Å²) in [5.74, 6) is 1.99. The van der Waals surface area contributed by atoms with Gasteiger partial charge in [-0.05, 0) is 35.9 Å². The molecule has 0 heterocycles. The first-order valence-electron chi connectivity index (χ1n) is 6.88. The monoisotopic (exact) mass is 317 g/mol. The molecule has 0 saturated carbocycles. The van der Waals surface area contributed by atoms with E-state index in [9.17, 15) is 4.79 Å². The standard InChI is InChI=1S/C17H19NO3S/c1-20-14-8-6-13(7-9-14)11-18-17(19)12-22-16-5-3-4-15(10-16)21-2/h3-10H,11-12H2,1-2H3,(H,18,19). The highest BCUT2D eigenvalue weighted by molar-refractivity contribution is 8.00. The third kappa shape index (κ3) is 5.00. The molecule has 0 fully saturated rings. The molecule has 4 nitrogen and oxygen atoms in total. The Morgan fingerprint density at radius 3 is 2.45 bits per heavy atom. The van der Waals surface area contributed by atoms with Crippen LogP contribution in [-0.2, 0) is 11.3 Å². The molecule has 1 amide bonds. The molecule has 116 valence electrons. The van der Waals surface area contributed by atoms with Crippen LogP contribution in [0.3, 0.4) is 0 Å². The second-order valence-corrected chi connectivity index (χ2v) is 5.64. The number of hydrogen-bond donors (Lipinski definition) is 1. The highest BCUT2D eigenvalue weighted by atomic mass is 32.2. The zero-order valence-corrected chi connectivity index (χ0v) is 13.5. The summed E-state index contributed by atoms with van der Waals surface area (Å²) in [6.45, 7) is 0.515. The van der Waals surface area contributed by atoms with Gasteiger partial charge in [-0.3, -0.25) is 4.79 Å². The van der Waals surface area contributed by atoms with Crippen molar-refractivity contribution in [2.45, 2.75) is 11.4 Å². The normalized spacial score (nSPS) is 10.1. The lowest BCUT2D eigenvalue weighted by Crippen LogP contribution is -2.24. The van der Waals surface area contributed by atoms with Gasteiger partial charge < -0.3 is 14.8 Å². The van der Waals surface area contributed by atoms with Crippen LogP contribution < -0.4 is 14.8 Å². The molecule has 0 atom stereocenters. The van der Waals surface area contributed by atoms with Gasteiger partial charge in [0.25, 0.3) is 0 Å². The number of ether oxygens (including phenoxy) is 2. The van der Waals surface area contributed by atoms with Gasteiger partial charge in [-0.15, -0.1) is 11.8 Å². The van der Waals surface area contributed by atoms with Crippen LogP contribution >= 0.6 is 11.8 Å². The Kier molecular flexibility index (Phi) is 6.15. The molecule has 0 aromatic heterocycles. The topological polar surface area (TPSA) is 47.6 Å². The summed E-state index contributed by atoms with van der Waals surface area (Å²) in [4.78, 5) is 12.9. The van der Waals surface area contributed by atoms with Crippen LogP contribution in [0.1, 0.15) is 5.56 Å². The summed E-state index contributed by atoms with van der Waals surface area (Å²) in [7, 11) is 3.26. The number of carbonyl (C=O) groups excluding carboxylic acids is 1. The summed E-state index contributed by atoms with van der Waals surface area (Å²) in [6, 6.07) is 15.3. The largest absolute Gasteiger partial charge is 0.497 e. The SMILES string of the molecule is COc1ccc(CNC(=O)CSc2cccc(OC)c2)cc1. The van der Waals surface area contributed by atoms with Crippen LogP contribution in [0.2, 0.25) is 0 Å².